The van der Waals surface area contributed by atoms with E-state index in [4.69, 9.17) is 5.11 Å². The molecule has 2 rings (SSSR count). The standard InChI is InChI=1S/C7H7N3O/c11-5-6-1-3-8-7-2-4-9-10(6)7/h1-4,11H,5H2. The number of aromatic nitrogens is 3. The van der Waals surface area contributed by atoms with Crippen LogP contribution < -0.4 is 0 Å². The van der Waals surface area contributed by atoms with Gasteiger partial charge in [-0.05, 0) is 6.07 Å². The van der Waals surface area contributed by atoms with Gasteiger partial charge in [0.1, 0.15) is 0 Å². The average Bonchev–Trinajstić information content (AvgIpc) is 2.50. The zero-order chi connectivity index (χ0) is 7.68. The summed E-state index contributed by atoms with van der Waals surface area (Å²) >= 11 is 0. The molecule has 0 atom stereocenters. The number of hydrogen-bond acceptors (Lipinski definition) is 3. The lowest BCUT2D eigenvalue weighted by atomic mass is 10.4. The molecule has 1 N–H and O–H groups in total. The van der Waals surface area contributed by atoms with E-state index in [2.05, 4.69) is 10.1 Å². The van der Waals surface area contributed by atoms with Crippen molar-refractivity contribution in [3.05, 3.63) is 30.2 Å². The van der Waals surface area contributed by atoms with Crippen LogP contribution >= 0.6 is 0 Å². The minimum absolute atomic E-state index is 0.0132. The van der Waals surface area contributed by atoms with E-state index in [-0.39, 0.29) is 6.61 Å². The van der Waals surface area contributed by atoms with E-state index in [1.165, 1.54) is 0 Å². The molecule has 2 aromatic rings. The van der Waals surface area contributed by atoms with Crippen molar-refractivity contribution in [1.82, 2.24) is 14.6 Å². The van der Waals surface area contributed by atoms with Gasteiger partial charge in [-0.3, -0.25) is 0 Å². The third-order valence-electron chi connectivity index (χ3n) is 1.53. The first-order valence-electron chi connectivity index (χ1n) is 3.30. The van der Waals surface area contributed by atoms with Crippen LogP contribution in [0.5, 0.6) is 0 Å². The summed E-state index contributed by atoms with van der Waals surface area (Å²) < 4.78 is 1.61. The molecule has 0 aliphatic heterocycles. The molecule has 0 saturated carbocycles. The predicted octanol–water partition coefficient (Wildman–Crippen LogP) is 0.222. The smallest absolute Gasteiger partial charge is 0.155 e. The Morgan fingerprint density at radius 1 is 1.36 bits per heavy atom. The van der Waals surface area contributed by atoms with Crippen LogP contribution in [0.15, 0.2) is 24.5 Å². The molecular weight excluding hydrogens is 142 g/mol. The van der Waals surface area contributed by atoms with Gasteiger partial charge >= 0.3 is 0 Å². The van der Waals surface area contributed by atoms with Gasteiger partial charge in [-0.2, -0.15) is 5.10 Å². The van der Waals surface area contributed by atoms with Crippen LogP contribution in [-0.4, -0.2) is 19.7 Å². The van der Waals surface area contributed by atoms with Gasteiger partial charge in [-0.1, -0.05) is 0 Å². The third-order valence-corrected chi connectivity index (χ3v) is 1.53. The molecule has 0 spiro atoms. The number of hydrogen-bond donors (Lipinski definition) is 1. The second kappa shape index (κ2) is 2.32. The van der Waals surface area contributed by atoms with Gasteiger partial charge in [0.05, 0.1) is 18.5 Å². The Hall–Kier alpha value is -1.42. The lowest BCUT2D eigenvalue weighted by Gasteiger charge is -1.97. The van der Waals surface area contributed by atoms with Gasteiger partial charge in [0, 0.05) is 12.3 Å². The fourth-order valence-corrected chi connectivity index (χ4v) is 1.01. The van der Waals surface area contributed by atoms with E-state index in [0.717, 1.165) is 11.3 Å². The van der Waals surface area contributed by atoms with Gasteiger partial charge in [0.25, 0.3) is 0 Å². The topological polar surface area (TPSA) is 50.4 Å². The van der Waals surface area contributed by atoms with Gasteiger partial charge in [0.15, 0.2) is 5.65 Å². The van der Waals surface area contributed by atoms with Crippen LogP contribution in [0.1, 0.15) is 5.69 Å². The third kappa shape index (κ3) is 0.877. The maximum atomic E-state index is 8.87. The molecule has 0 bridgehead atoms. The fourth-order valence-electron chi connectivity index (χ4n) is 1.01. The summed E-state index contributed by atoms with van der Waals surface area (Å²) in [5.74, 6) is 0. The monoisotopic (exact) mass is 149 g/mol. The highest BCUT2D eigenvalue weighted by Gasteiger charge is 1.98. The van der Waals surface area contributed by atoms with E-state index in [0.29, 0.717) is 0 Å². The number of aliphatic hydroxyl groups is 1. The van der Waals surface area contributed by atoms with E-state index < -0.39 is 0 Å². The van der Waals surface area contributed by atoms with Crippen molar-refractivity contribution in [3.63, 3.8) is 0 Å². The zero-order valence-corrected chi connectivity index (χ0v) is 5.81. The van der Waals surface area contributed by atoms with Crippen LogP contribution in [-0.2, 0) is 6.61 Å². The van der Waals surface area contributed by atoms with Crippen LogP contribution in [0.3, 0.4) is 0 Å². The predicted molar refractivity (Wildman–Crippen MR) is 38.9 cm³/mol. The van der Waals surface area contributed by atoms with E-state index in [1.54, 1.807) is 29.0 Å². The minimum Gasteiger partial charge on any atom is -0.390 e. The van der Waals surface area contributed by atoms with Crippen molar-refractivity contribution in [1.29, 1.82) is 0 Å². The van der Waals surface area contributed by atoms with Gasteiger partial charge in [0.2, 0.25) is 0 Å². The Morgan fingerprint density at radius 2 is 2.27 bits per heavy atom. The van der Waals surface area contributed by atoms with Crippen molar-refractivity contribution in [2.24, 2.45) is 0 Å². The largest absolute Gasteiger partial charge is 0.390 e. The fraction of sp³-hybridized carbons (Fsp3) is 0.143. The highest BCUT2D eigenvalue weighted by atomic mass is 16.3. The normalized spacial score (nSPS) is 10.6. The second-order valence-corrected chi connectivity index (χ2v) is 2.20. The maximum absolute atomic E-state index is 8.87. The molecule has 4 heteroatoms. The summed E-state index contributed by atoms with van der Waals surface area (Å²) in [7, 11) is 0. The van der Waals surface area contributed by atoms with E-state index in [9.17, 15) is 0 Å². The van der Waals surface area contributed by atoms with Crippen LogP contribution in [0.4, 0.5) is 0 Å². The Kier molecular flexibility index (Phi) is 1.33. The second-order valence-electron chi connectivity index (χ2n) is 2.20. The van der Waals surface area contributed by atoms with Gasteiger partial charge < -0.3 is 5.11 Å². The number of rotatable bonds is 1. The first kappa shape index (κ1) is 6.30. The summed E-state index contributed by atoms with van der Waals surface area (Å²) in [5.41, 5.74) is 1.51. The van der Waals surface area contributed by atoms with E-state index >= 15 is 0 Å². The first-order chi connectivity index (χ1) is 5.42. The van der Waals surface area contributed by atoms with Gasteiger partial charge in [-0.15, -0.1) is 0 Å². The lowest BCUT2D eigenvalue weighted by molar-refractivity contribution is 0.273. The molecule has 0 unspecified atom stereocenters. The van der Waals surface area contributed by atoms with Crippen LogP contribution in [0, 0.1) is 0 Å². The summed E-state index contributed by atoms with van der Waals surface area (Å²) in [6.45, 7) is -0.0132. The van der Waals surface area contributed by atoms with Crippen LogP contribution in [0.2, 0.25) is 0 Å². The van der Waals surface area contributed by atoms with Crippen molar-refractivity contribution >= 4 is 5.65 Å². The molecule has 0 amide bonds. The molecule has 0 aliphatic rings. The molecule has 0 radical (unpaired) electrons. The molecule has 2 heterocycles. The van der Waals surface area contributed by atoms with Crippen molar-refractivity contribution in [3.8, 4) is 0 Å². The molecule has 11 heavy (non-hydrogen) atoms. The highest BCUT2D eigenvalue weighted by Crippen LogP contribution is 2.01. The van der Waals surface area contributed by atoms with Crippen molar-refractivity contribution in [2.75, 3.05) is 0 Å². The average molecular weight is 149 g/mol. The maximum Gasteiger partial charge on any atom is 0.155 e. The molecule has 0 fully saturated rings. The summed E-state index contributed by atoms with van der Waals surface area (Å²) in [4.78, 5) is 4.04. The van der Waals surface area contributed by atoms with Crippen molar-refractivity contribution < 1.29 is 5.11 Å². The molecule has 0 aliphatic carbocycles. The molecule has 4 nitrogen and oxygen atoms in total. The molecule has 0 saturated heterocycles. The minimum atomic E-state index is -0.0132. The molecule has 56 valence electrons. The Labute approximate surface area is 63.1 Å². The van der Waals surface area contributed by atoms with Crippen molar-refractivity contribution in [2.45, 2.75) is 6.61 Å². The Bertz CT molecular complexity index is 368. The lowest BCUT2D eigenvalue weighted by Crippen LogP contribution is -1.98. The number of fused-ring (bicyclic) bond motifs is 1. The molecule has 2 aromatic heterocycles. The Morgan fingerprint density at radius 3 is 3.09 bits per heavy atom. The molecular formula is C7H7N3O. The quantitative estimate of drug-likeness (QED) is 0.631. The zero-order valence-electron chi connectivity index (χ0n) is 5.81. The number of aliphatic hydroxyl groups excluding tert-OH is 1. The van der Waals surface area contributed by atoms with Gasteiger partial charge in [-0.25, -0.2) is 9.50 Å². The van der Waals surface area contributed by atoms with Crippen LogP contribution in [0.25, 0.3) is 5.65 Å². The first-order valence-corrected chi connectivity index (χ1v) is 3.30. The Balaban J connectivity index is 2.79. The summed E-state index contributed by atoms with van der Waals surface area (Å²) in [6.07, 6.45) is 3.31. The summed E-state index contributed by atoms with van der Waals surface area (Å²) in [5, 5.41) is 12.8. The number of nitrogens with zero attached hydrogens (tertiary/aromatic N) is 3. The van der Waals surface area contributed by atoms with E-state index in [1.807, 2.05) is 0 Å². The SMILES string of the molecule is OCc1ccnc2ccnn12. The summed E-state index contributed by atoms with van der Waals surface area (Å²) in [6, 6.07) is 3.53. The highest BCUT2D eigenvalue weighted by molar-refractivity contribution is 5.36. The molecule has 0 aromatic carbocycles.